The molecule has 0 spiro atoms. The first-order chi connectivity index (χ1) is 16.0. The van der Waals surface area contributed by atoms with Crippen LogP contribution in [0.2, 0.25) is 0 Å². The molecule has 1 aromatic rings. The maximum absolute atomic E-state index is 14.2. The monoisotopic (exact) mass is 484 g/mol. The van der Waals surface area contributed by atoms with Gasteiger partial charge in [0.2, 0.25) is 0 Å². The van der Waals surface area contributed by atoms with Crippen LogP contribution in [0.4, 0.5) is 0 Å². The van der Waals surface area contributed by atoms with Crippen molar-refractivity contribution in [2.24, 2.45) is 34.5 Å². The number of Topliss-reactive ketones (excluding diaryl/α,β-unsaturated/α-hetero) is 5. The van der Waals surface area contributed by atoms with Gasteiger partial charge in [-0.25, -0.2) is 0 Å². The summed E-state index contributed by atoms with van der Waals surface area (Å²) in [7, 11) is 0. The summed E-state index contributed by atoms with van der Waals surface area (Å²) in [5, 5.41) is 34.6. The van der Waals surface area contributed by atoms with Crippen LogP contribution >= 0.6 is 0 Å². The fourth-order valence-corrected chi connectivity index (χ4v) is 7.53. The van der Waals surface area contributed by atoms with E-state index in [1.165, 1.54) is 13.0 Å². The zero-order valence-corrected chi connectivity index (χ0v) is 21.0. The van der Waals surface area contributed by atoms with Crippen molar-refractivity contribution in [2.75, 3.05) is 0 Å². The van der Waals surface area contributed by atoms with Gasteiger partial charge in [-0.15, -0.1) is 0 Å². The normalized spacial score (nSPS) is 40.9. The van der Waals surface area contributed by atoms with Crippen LogP contribution in [-0.2, 0) is 19.2 Å². The fraction of sp³-hybridized carbons (Fsp3) is 0.593. The van der Waals surface area contributed by atoms with Gasteiger partial charge < -0.3 is 15.3 Å². The van der Waals surface area contributed by atoms with Crippen LogP contribution in [-0.4, -0.2) is 55.9 Å². The third kappa shape index (κ3) is 2.67. The second kappa shape index (κ2) is 7.40. The highest BCUT2D eigenvalue weighted by molar-refractivity contribution is 6.32. The Morgan fingerprint density at radius 1 is 1.06 bits per heavy atom. The summed E-state index contributed by atoms with van der Waals surface area (Å²) in [4.78, 5) is 67.4. The first-order valence-corrected chi connectivity index (χ1v) is 11.9. The SMILES string of the molecule is CC(=O)C1C(=O)C(C(C)C)[C@@]2(C)[C@H](O)[C@]3(C)C(C(=O)c4c(O)cc(C)cc4[C@H]3C)C(=O)[C@@]2(O)C1=O. The number of carbonyl (C=O) groups excluding carboxylic acids is 5. The minimum Gasteiger partial charge on any atom is -0.507 e. The molecule has 3 aliphatic rings. The van der Waals surface area contributed by atoms with E-state index in [1.54, 1.807) is 40.7 Å². The van der Waals surface area contributed by atoms with Crippen molar-refractivity contribution >= 4 is 28.9 Å². The number of hydrogen-bond acceptors (Lipinski definition) is 8. The Morgan fingerprint density at radius 2 is 1.63 bits per heavy atom. The van der Waals surface area contributed by atoms with Crippen molar-refractivity contribution in [3.05, 3.63) is 28.8 Å². The molecule has 0 aromatic heterocycles. The molecule has 2 saturated carbocycles. The number of aryl methyl sites for hydroxylation is 1. The van der Waals surface area contributed by atoms with Gasteiger partial charge in [0.15, 0.2) is 28.7 Å². The first-order valence-electron chi connectivity index (χ1n) is 11.9. The van der Waals surface area contributed by atoms with Crippen molar-refractivity contribution in [3.63, 3.8) is 0 Å². The van der Waals surface area contributed by atoms with Gasteiger partial charge in [-0.1, -0.05) is 40.7 Å². The Balaban J connectivity index is 2.08. The maximum Gasteiger partial charge on any atom is 0.191 e. The Bertz CT molecular complexity index is 1210. The molecule has 3 unspecified atom stereocenters. The van der Waals surface area contributed by atoms with Crippen molar-refractivity contribution in [3.8, 4) is 5.75 Å². The average Bonchev–Trinajstić information content (AvgIpc) is 2.73. The van der Waals surface area contributed by atoms with Gasteiger partial charge in [-0.05, 0) is 42.9 Å². The Labute approximate surface area is 203 Å². The lowest BCUT2D eigenvalue weighted by molar-refractivity contribution is -0.240. The molecule has 0 radical (unpaired) electrons. The standard InChI is InChI=1S/C27H32O8/c1-10(2)18-20(30)16(13(5)28)22(32)27(35)23(33)19-21(31)17-14(8-11(3)9-15(17)29)12(4)25(19,6)24(34)26(18,27)7/h8-10,12,16,18-19,24,29,34-35H,1-7H3/t12-,16?,18?,19?,24-,25+,26+,27+/m1/s1. The number of hydrogen-bond donors (Lipinski definition) is 3. The van der Waals surface area contributed by atoms with Crippen LogP contribution in [0.3, 0.4) is 0 Å². The molecule has 3 N–H and O–H groups in total. The zero-order valence-electron chi connectivity index (χ0n) is 21.0. The van der Waals surface area contributed by atoms with Crippen LogP contribution < -0.4 is 0 Å². The largest absolute Gasteiger partial charge is 0.507 e. The number of aliphatic hydroxyl groups excluding tert-OH is 1. The van der Waals surface area contributed by atoms with Crippen molar-refractivity contribution in [2.45, 2.75) is 66.1 Å². The van der Waals surface area contributed by atoms with Crippen LogP contribution in [0.25, 0.3) is 0 Å². The van der Waals surface area contributed by atoms with Crippen LogP contribution in [0.1, 0.15) is 68.9 Å². The summed E-state index contributed by atoms with van der Waals surface area (Å²) in [5.74, 6) is -11.0. The molecule has 2 fully saturated rings. The second-order valence-electron chi connectivity index (χ2n) is 11.4. The van der Waals surface area contributed by atoms with E-state index in [9.17, 15) is 39.3 Å². The van der Waals surface area contributed by atoms with E-state index in [0.29, 0.717) is 11.1 Å². The minimum absolute atomic E-state index is 0.0822. The van der Waals surface area contributed by atoms with Crippen molar-refractivity contribution in [1.82, 2.24) is 0 Å². The molecule has 8 atom stereocenters. The van der Waals surface area contributed by atoms with Gasteiger partial charge in [0.05, 0.1) is 17.6 Å². The predicted molar refractivity (Wildman–Crippen MR) is 124 cm³/mol. The van der Waals surface area contributed by atoms with E-state index >= 15 is 0 Å². The number of fused-ring (bicyclic) bond motifs is 3. The lowest BCUT2D eigenvalue weighted by Gasteiger charge is -2.65. The molecule has 0 amide bonds. The van der Waals surface area contributed by atoms with Gasteiger partial charge >= 0.3 is 0 Å². The molecule has 1 aromatic carbocycles. The highest BCUT2D eigenvalue weighted by Crippen LogP contribution is 2.66. The van der Waals surface area contributed by atoms with Crippen molar-refractivity contribution in [1.29, 1.82) is 0 Å². The molecule has 0 heterocycles. The van der Waals surface area contributed by atoms with Gasteiger partial charge in [-0.2, -0.15) is 0 Å². The van der Waals surface area contributed by atoms with E-state index < -0.39 is 81.0 Å². The second-order valence-corrected chi connectivity index (χ2v) is 11.4. The molecule has 35 heavy (non-hydrogen) atoms. The summed E-state index contributed by atoms with van der Waals surface area (Å²) >= 11 is 0. The number of phenolic OH excluding ortho intramolecular Hbond substituents is 1. The number of rotatable bonds is 2. The van der Waals surface area contributed by atoms with Crippen LogP contribution in [0.15, 0.2) is 12.1 Å². The van der Waals surface area contributed by atoms with E-state index in [0.717, 1.165) is 6.92 Å². The van der Waals surface area contributed by atoms with Gasteiger partial charge in [0.1, 0.15) is 17.5 Å². The molecule has 3 aliphatic carbocycles. The van der Waals surface area contributed by atoms with Gasteiger partial charge in [0.25, 0.3) is 0 Å². The number of benzene rings is 1. The topological polar surface area (TPSA) is 146 Å². The van der Waals surface area contributed by atoms with Gasteiger partial charge in [0, 0.05) is 16.7 Å². The third-order valence-electron chi connectivity index (χ3n) is 9.31. The zero-order chi connectivity index (χ0) is 26.6. The number of aliphatic hydroxyl groups is 2. The van der Waals surface area contributed by atoms with Crippen LogP contribution in [0.5, 0.6) is 5.75 Å². The Morgan fingerprint density at radius 3 is 2.14 bits per heavy atom. The summed E-state index contributed by atoms with van der Waals surface area (Å²) in [6.45, 7) is 10.7. The highest BCUT2D eigenvalue weighted by Gasteiger charge is 2.80. The molecular formula is C27H32O8. The van der Waals surface area contributed by atoms with E-state index in [4.69, 9.17) is 0 Å². The molecule has 0 aliphatic heterocycles. The molecule has 8 nitrogen and oxygen atoms in total. The summed E-state index contributed by atoms with van der Waals surface area (Å²) < 4.78 is 0. The molecule has 4 rings (SSSR count). The van der Waals surface area contributed by atoms with Crippen LogP contribution in [0, 0.1) is 41.4 Å². The quantitative estimate of drug-likeness (QED) is 0.540. The molecule has 8 heteroatoms. The number of ketones is 5. The Hall–Kier alpha value is -2.71. The summed E-state index contributed by atoms with van der Waals surface area (Å²) in [6, 6.07) is 3.10. The summed E-state index contributed by atoms with van der Waals surface area (Å²) in [6.07, 6.45) is -1.65. The third-order valence-corrected chi connectivity index (χ3v) is 9.31. The maximum atomic E-state index is 14.2. The van der Waals surface area contributed by atoms with E-state index in [2.05, 4.69) is 0 Å². The number of phenols is 1. The number of aromatic hydroxyl groups is 1. The Kier molecular flexibility index (Phi) is 5.37. The number of carbonyl (C=O) groups is 5. The molecule has 0 bridgehead atoms. The average molecular weight is 485 g/mol. The van der Waals surface area contributed by atoms with E-state index in [1.807, 2.05) is 0 Å². The predicted octanol–water partition coefficient (Wildman–Crippen LogP) is 1.93. The lowest BCUT2D eigenvalue weighted by Crippen LogP contribution is -2.81. The minimum atomic E-state index is -2.94. The lowest BCUT2D eigenvalue weighted by atomic mass is 9.37. The highest BCUT2D eigenvalue weighted by atomic mass is 16.3. The first kappa shape index (κ1) is 25.4. The van der Waals surface area contributed by atoms with E-state index in [-0.39, 0.29) is 11.3 Å². The smallest absolute Gasteiger partial charge is 0.191 e. The molecular weight excluding hydrogens is 452 g/mol. The summed E-state index contributed by atoms with van der Waals surface area (Å²) in [5.41, 5.74) is -5.39. The molecule has 0 saturated heterocycles. The van der Waals surface area contributed by atoms with Gasteiger partial charge in [-0.3, -0.25) is 24.0 Å². The van der Waals surface area contributed by atoms with Crippen molar-refractivity contribution < 1.29 is 39.3 Å². The fourth-order valence-electron chi connectivity index (χ4n) is 7.53. The molecule has 188 valence electrons.